The lowest BCUT2D eigenvalue weighted by Gasteiger charge is -2.42. The average Bonchev–Trinajstić information content (AvgIpc) is 3.65. The minimum Gasteiger partial charge on any atom is -0.492 e. The molecule has 1 aromatic carbocycles. The van der Waals surface area contributed by atoms with Gasteiger partial charge in [0.05, 0.1) is 23.3 Å². The highest BCUT2D eigenvalue weighted by Gasteiger charge is 2.37. The van der Waals surface area contributed by atoms with Crippen LogP contribution in [0.4, 0.5) is 4.79 Å². The van der Waals surface area contributed by atoms with E-state index in [0.717, 1.165) is 24.6 Å². The molecule has 0 bridgehead atoms. The average molecular weight is 694 g/mol. The minimum absolute atomic E-state index is 0.0863. The molecule has 3 aliphatic rings. The molecule has 6 rings (SSSR count). The second-order valence-electron chi connectivity index (χ2n) is 15.9. The van der Waals surface area contributed by atoms with E-state index in [-0.39, 0.29) is 31.5 Å². The van der Waals surface area contributed by atoms with Gasteiger partial charge in [0.25, 0.3) is 5.91 Å². The van der Waals surface area contributed by atoms with Crippen LogP contribution in [0.15, 0.2) is 18.5 Å². The van der Waals surface area contributed by atoms with Crippen LogP contribution in [0.2, 0.25) is 25.7 Å². The number of fused-ring (bicyclic) bond motifs is 2. The van der Waals surface area contributed by atoms with Crippen LogP contribution in [0.3, 0.4) is 0 Å². The maximum Gasteiger partial charge on any atom is 0.407 e. The van der Waals surface area contributed by atoms with Gasteiger partial charge in [-0.1, -0.05) is 19.6 Å². The Hall–Kier alpha value is -3.84. The van der Waals surface area contributed by atoms with Gasteiger partial charge in [-0.25, -0.2) is 14.8 Å². The normalized spacial score (nSPS) is 19.2. The first-order valence-electron chi connectivity index (χ1n) is 17.5. The van der Waals surface area contributed by atoms with Crippen LogP contribution in [0, 0.1) is 12.8 Å². The van der Waals surface area contributed by atoms with Gasteiger partial charge in [0.15, 0.2) is 11.5 Å². The number of carbonyl (C=O) groups is 2. The lowest BCUT2D eigenvalue weighted by molar-refractivity contribution is 0.0519. The molecule has 0 spiro atoms. The molecule has 1 aliphatic heterocycles. The van der Waals surface area contributed by atoms with Gasteiger partial charge < -0.3 is 38.8 Å². The zero-order valence-electron chi connectivity index (χ0n) is 29.9. The van der Waals surface area contributed by atoms with Crippen molar-refractivity contribution in [1.82, 2.24) is 24.8 Å². The highest BCUT2D eigenvalue weighted by Crippen LogP contribution is 2.49. The van der Waals surface area contributed by atoms with Crippen molar-refractivity contribution in [2.75, 3.05) is 20.0 Å². The maximum absolute atomic E-state index is 14.2. The van der Waals surface area contributed by atoms with E-state index < -0.39 is 19.7 Å². The lowest BCUT2D eigenvalue weighted by Crippen LogP contribution is -2.53. The summed E-state index contributed by atoms with van der Waals surface area (Å²) in [5.74, 6) is 2.15. The SMILES string of the molecule is Cc1c(C(=O)NC2CCC(N(C(=O)O)C(C)(C)C)CC2)c2ncnc(-c3c(OCC4CC4)ccc4c3OCO4)c2n1COCC[Si](C)(C)C. The van der Waals surface area contributed by atoms with E-state index in [4.69, 9.17) is 28.9 Å². The van der Waals surface area contributed by atoms with Gasteiger partial charge in [-0.3, -0.25) is 4.79 Å². The third kappa shape index (κ3) is 7.67. The van der Waals surface area contributed by atoms with E-state index in [9.17, 15) is 14.7 Å². The first-order valence-corrected chi connectivity index (χ1v) is 21.2. The summed E-state index contributed by atoms with van der Waals surface area (Å²) in [7, 11) is -1.33. The molecule has 2 N–H and O–H groups in total. The number of hydrogen-bond donors (Lipinski definition) is 2. The van der Waals surface area contributed by atoms with Crippen LogP contribution < -0.4 is 19.5 Å². The molecule has 2 amide bonds. The maximum atomic E-state index is 14.2. The lowest BCUT2D eigenvalue weighted by atomic mass is 9.88. The Morgan fingerprint density at radius 3 is 2.47 bits per heavy atom. The molecular weight excluding hydrogens is 643 g/mol. The Morgan fingerprint density at radius 1 is 1.08 bits per heavy atom. The molecule has 266 valence electrons. The highest BCUT2D eigenvalue weighted by molar-refractivity contribution is 6.76. The Kier molecular flexibility index (Phi) is 9.87. The molecule has 2 fully saturated rings. The smallest absolute Gasteiger partial charge is 0.407 e. The van der Waals surface area contributed by atoms with Crippen LogP contribution in [0.1, 0.15) is 75.3 Å². The third-order valence-electron chi connectivity index (χ3n) is 9.77. The second kappa shape index (κ2) is 13.8. The zero-order valence-corrected chi connectivity index (χ0v) is 30.9. The number of amides is 2. The molecule has 12 nitrogen and oxygen atoms in total. The van der Waals surface area contributed by atoms with Crippen LogP contribution in [0.25, 0.3) is 22.3 Å². The van der Waals surface area contributed by atoms with Crippen LogP contribution in [-0.4, -0.2) is 82.2 Å². The van der Waals surface area contributed by atoms with Gasteiger partial charge in [-0.2, -0.15) is 0 Å². The number of aromatic nitrogens is 3. The number of ether oxygens (including phenoxy) is 4. The van der Waals surface area contributed by atoms with E-state index in [2.05, 4.69) is 25.0 Å². The fraction of sp³-hybridized carbons (Fsp3) is 0.611. The number of nitrogens with zero attached hydrogens (tertiary/aromatic N) is 4. The molecule has 2 saturated carbocycles. The predicted molar refractivity (Wildman–Crippen MR) is 189 cm³/mol. The Balaban J connectivity index is 1.34. The number of hydrogen-bond acceptors (Lipinski definition) is 8. The van der Waals surface area contributed by atoms with E-state index in [1.807, 2.05) is 44.4 Å². The summed E-state index contributed by atoms with van der Waals surface area (Å²) in [5, 5.41) is 13.2. The number of rotatable bonds is 12. The first-order chi connectivity index (χ1) is 23.2. The number of benzene rings is 1. The molecule has 0 radical (unpaired) electrons. The molecule has 3 aromatic rings. The van der Waals surface area contributed by atoms with Crippen LogP contribution in [0.5, 0.6) is 17.2 Å². The van der Waals surface area contributed by atoms with Crippen molar-refractivity contribution in [2.45, 2.75) is 116 Å². The molecule has 0 atom stereocenters. The number of carboxylic acid groups (broad SMARTS) is 1. The summed E-state index contributed by atoms with van der Waals surface area (Å²) in [5.41, 5.74) is 3.16. The van der Waals surface area contributed by atoms with Crippen molar-refractivity contribution in [3.8, 4) is 28.5 Å². The van der Waals surface area contributed by atoms with Crippen molar-refractivity contribution in [3.05, 3.63) is 29.7 Å². The first kappa shape index (κ1) is 35.0. The Morgan fingerprint density at radius 2 is 1.82 bits per heavy atom. The summed E-state index contributed by atoms with van der Waals surface area (Å²) in [4.78, 5) is 37.3. The highest BCUT2D eigenvalue weighted by atomic mass is 28.3. The van der Waals surface area contributed by atoms with Crippen LogP contribution in [-0.2, 0) is 11.5 Å². The summed E-state index contributed by atoms with van der Waals surface area (Å²) in [6.07, 6.45) is 5.61. The van der Waals surface area contributed by atoms with Gasteiger partial charge in [0, 0.05) is 38.0 Å². The molecule has 49 heavy (non-hydrogen) atoms. The molecular formula is C36H51N5O7Si. The van der Waals surface area contributed by atoms with Gasteiger partial charge in [0.1, 0.15) is 30.0 Å². The quantitative estimate of drug-likeness (QED) is 0.151. The fourth-order valence-electron chi connectivity index (χ4n) is 6.96. The van der Waals surface area contributed by atoms with Gasteiger partial charge in [0.2, 0.25) is 6.79 Å². The molecule has 13 heteroatoms. The summed E-state index contributed by atoms with van der Waals surface area (Å²) >= 11 is 0. The van der Waals surface area contributed by atoms with E-state index in [1.165, 1.54) is 6.33 Å². The Labute approximate surface area is 289 Å². The zero-order chi connectivity index (χ0) is 35.1. The van der Waals surface area contributed by atoms with Crippen molar-refractivity contribution in [2.24, 2.45) is 5.92 Å². The topological polar surface area (TPSA) is 137 Å². The fourth-order valence-corrected chi connectivity index (χ4v) is 7.72. The van der Waals surface area contributed by atoms with E-state index >= 15 is 0 Å². The summed E-state index contributed by atoms with van der Waals surface area (Å²) < 4.78 is 26.4. The number of nitrogens with one attached hydrogen (secondary N) is 1. The summed E-state index contributed by atoms with van der Waals surface area (Å²) in [6, 6.07) is 4.60. The van der Waals surface area contributed by atoms with Crippen molar-refractivity contribution < 1.29 is 33.6 Å². The predicted octanol–water partition coefficient (Wildman–Crippen LogP) is 7.06. The molecule has 0 unspecified atom stereocenters. The van der Waals surface area contributed by atoms with E-state index in [0.29, 0.717) is 89.9 Å². The largest absolute Gasteiger partial charge is 0.492 e. The monoisotopic (exact) mass is 693 g/mol. The van der Waals surface area contributed by atoms with Gasteiger partial charge in [-0.05, 0) is 90.3 Å². The standard InChI is InChI=1S/C36H51N5O7Si/c1-22-28(34(42)39-24-10-12-25(13-11-24)41(35(43)44)36(2,3)4)30-32(40(22)20-45-16-17-49(5,6)7)31(38-19-37-30)29-26(46-18-23-8-9-23)14-15-27-33(29)48-21-47-27/h14-15,19,23-25H,8-13,16-18,20-21H2,1-7H3,(H,39,42)(H,43,44). The van der Waals surface area contributed by atoms with Crippen molar-refractivity contribution in [3.63, 3.8) is 0 Å². The van der Waals surface area contributed by atoms with Gasteiger partial charge >= 0.3 is 6.09 Å². The Bertz CT molecular complexity index is 1700. The van der Waals surface area contributed by atoms with Crippen molar-refractivity contribution in [1.29, 1.82) is 0 Å². The summed E-state index contributed by atoms with van der Waals surface area (Å²) in [6.45, 7) is 16.2. The third-order valence-corrected chi connectivity index (χ3v) is 11.5. The van der Waals surface area contributed by atoms with Gasteiger partial charge in [-0.15, -0.1) is 0 Å². The van der Waals surface area contributed by atoms with Crippen LogP contribution >= 0.6 is 0 Å². The second-order valence-corrected chi connectivity index (χ2v) is 21.5. The number of carbonyl (C=O) groups excluding carboxylic acids is 1. The molecule has 2 aliphatic carbocycles. The molecule has 0 saturated heterocycles. The minimum atomic E-state index is -1.33. The van der Waals surface area contributed by atoms with Crippen molar-refractivity contribution >= 4 is 31.1 Å². The molecule has 3 heterocycles. The molecule has 2 aromatic heterocycles. The van der Waals surface area contributed by atoms with E-state index in [1.54, 1.807) is 4.90 Å².